The van der Waals surface area contributed by atoms with Crippen LogP contribution in [0.15, 0.2) is 0 Å². The number of aromatic hydroxyl groups is 1. The molecule has 116 valence electrons. The molecule has 0 bridgehead atoms. The summed E-state index contributed by atoms with van der Waals surface area (Å²) in [5.74, 6) is -0.727. The van der Waals surface area contributed by atoms with Crippen molar-refractivity contribution in [2.24, 2.45) is 0 Å². The van der Waals surface area contributed by atoms with Crippen LogP contribution in [0.5, 0.6) is 5.88 Å². The summed E-state index contributed by atoms with van der Waals surface area (Å²) in [5, 5.41) is 16.0. The number of H-pyrrole nitrogens is 1. The molecule has 2 rings (SSSR count). The largest absolute Gasteiger partial charge is 0.492 e. The third kappa shape index (κ3) is 3.09. The number of aromatic nitrogens is 2. The number of hydrogen-bond donors (Lipinski definition) is 2. The van der Waals surface area contributed by atoms with E-state index in [4.69, 9.17) is 9.47 Å². The van der Waals surface area contributed by atoms with Gasteiger partial charge in [0.05, 0.1) is 19.3 Å². The van der Waals surface area contributed by atoms with Crippen molar-refractivity contribution in [3.8, 4) is 5.88 Å². The normalized spacial score (nSPS) is 18.1. The molecule has 0 saturated heterocycles. The second-order valence-corrected chi connectivity index (χ2v) is 5.86. The highest BCUT2D eigenvalue weighted by Gasteiger charge is 2.39. The summed E-state index contributed by atoms with van der Waals surface area (Å²) in [5.41, 5.74) is 0.428. The summed E-state index contributed by atoms with van der Waals surface area (Å²) in [7, 11) is 1.25. The third-order valence-corrected chi connectivity index (χ3v) is 3.13. The van der Waals surface area contributed by atoms with Crippen LogP contribution >= 0.6 is 0 Å². The van der Waals surface area contributed by atoms with Crippen LogP contribution in [0.1, 0.15) is 32.0 Å². The highest BCUT2D eigenvalue weighted by molar-refractivity contribution is 5.82. The quantitative estimate of drug-likeness (QED) is 0.748. The molecule has 0 saturated carbocycles. The maximum Gasteiger partial charge on any atom is 0.411 e. The zero-order chi connectivity index (χ0) is 15.8. The van der Waals surface area contributed by atoms with Crippen LogP contribution in [-0.2, 0) is 27.2 Å². The molecule has 21 heavy (non-hydrogen) atoms. The van der Waals surface area contributed by atoms with Gasteiger partial charge in [-0.2, -0.15) is 0 Å². The van der Waals surface area contributed by atoms with Gasteiger partial charge in [0.15, 0.2) is 0 Å². The van der Waals surface area contributed by atoms with Gasteiger partial charge in [0, 0.05) is 12.0 Å². The zero-order valence-electron chi connectivity index (χ0n) is 12.5. The highest BCUT2D eigenvalue weighted by Crippen LogP contribution is 2.29. The van der Waals surface area contributed by atoms with E-state index in [0.717, 1.165) is 0 Å². The number of carbonyl (C=O) groups is 2. The van der Waals surface area contributed by atoms with E-state index in [-0.39, 0.29) is 18.8 Å². The van der Waals surface area contributed by atoms with Crippen LogP contribution in [0.4, 0.5) is 4.79 Å². The van der Waals surface area contributed by atoms with Gasteiger partial charge in [-0.05, 0) is 20.8 Å². The van der Waals surface area contributed by atoms with Crippen LogP contribution in [-0.4, -0.2) is 51.0 Å². The molecule has 1 aliphatic rings. The number of carbonyl (C=O) groups excluding carboxylic acids is 2. The Balaban J connectivity index is 2.29. The Morgan fingerprint density at radius 3 is 2.67 bits per heavy atom. The van der Waals surface area contributed by atoms with Crippen molar-refractivity contribution in [2.75, 3.05) is 7.11 Å². The van der Waals surface area contributed by atoms with Crippen LogP contribution in [0.3, 0.4) is 0 Å². The van der Waals surface area contributed by atoms with Gasteiger partial charge < -0.3 is 14.6 Å². The topological polar surface area (TPSA) is 105 Å². The molecule has 8 nitrogen and oxygen atoms in total. The van der Waals surface area contributed by atoms with Crippen molar-refractivity contribution in [3.05, 3.63) is 11.3 Å². The number of nitrogens with zero attached hydrogens (tertiary/aromatic N) is 2. The van der Waals surface area contributed by atoms with Gasteiger partial charge >= 0.3 is 12.1 Å². The summed E-state index contributed by atoms with van der Waals surface area (Å²) >= 11 is 0. The lowest BCUT2D eigenvalue weighted by atomic mass is 9.99. The molecule has 8 heteroatoms. The summed E-state index contributed by atoms with van der Waals surface area (Å²) < 4.78 is 10.0. The number of ether oxygens (including phenoxy) is 2. The minimum absolute atomic E-state index is 0.0948. The third-order valence-electron chi connectivity index (χ3n) is 3.13. The van der Waals surface area contributed by atoms with E-state index in [1.807, 2.05) is 0 Å². The molecule has 2 heterocycles. The minimum atomic E-state index is -0.846. The molecule has 1 aromatic rings. The molecular formula is C13H19N3O5. The number of aromatic amines is 1. The lowest BCUT2D eigenvalue weighted by Crippen LogP contribution is -2.50. The predicted molar refractivity (Wildman–Crippen MR) is 71.5 cm³/mol. The number of nitrogens with one attached hydrogen (secondary N) is 1. The fraction of sp³-hybridized carbons (Fsp3) is 0.615. The number of amides is 1. The van der Waals surface area contributed by atoms with Crippen molar-refractivity contribution in [2.45, 2.75) is 45.4 Å². The van der Waals surface area contributed by atoms with Crippen LogP contribution < -0.4 is 0 Å². The molecule has 2 N–H and O–H groups in total. The van der Waals surface area contributed by atoms with E-state index in [2.05, 4.69) is 10.2 Å². The fourth-order valence-corrected chi connectivity index (χ4v) is 2.18. The van der Waals surface area contributed by atoms with Crippen LogP contribution in [0.2, 0.25) is 0 Å². The maximum absolute atomic E-state index is 12.3. The second-order valence-electron chi connectivity index (χ2n) is 5.86. The monoisotopic (exact) mass is 297 g/mol. The molecule has 1 aromatic heterocycles. The first-order valence-electron chi connectivity index (χ1n) is 6.55. The lowest BCUT2D eigenvalue weighted by molar-refractivity contribution is -0.147. The number of esters is 1. The smallest absolute Gasteiger partial charge is 0.411 e. The molecule has 0 fully saturated rings. The minimum Gasteiger partial charge on any atom is -0.492 e. The Bertz CT molecular complexity index is 561. The first kappa shape index (κ1) is 15.1. The molecule has 1 aliphatic heterocycles. The highest BCUT2D eigenvalue weighted by atomic mass is 16.6. The van der Waals surface area contributed by atoms with E-state index >= 15 is 0 Å². The van der Waals surface area contributed by atoms with E-state index in [0.29, 0.717) is 11.3 Å². The van der Waals surface area contributed by atoms with Crippen LogP contribution in [0, 0.1) is 0 Å². The van der Waals surface area contributed by atoms with Gasteiger partial charge in [0.25, 0.3) is 0 Å². The molecule has 1 unspecified atom stereocenters. The Labute approximate surface area is 122 Å². The van der Waals surface area contributed by atoms with Crippen molar-refractivity contribution >= 4 is 12.1 Å². The van der Waals surface area contributed by atoms with Crippen molar-refractivity contribution in [1.29, 1.82) is 0 Å². The van der Waals surface area contributed by atoms with Crippen LogP contribution in [0.25, 0.3) is 0 Å². The lowest BCUT2D eigenvalue weighted by Gasteiger charge is -2.34. The molecule has 0 radical (unpaired) electrons. The zero-order valence-corrected chi connectivity index (χ0v) is 12.5. The summed E-state index contributed by atoms with van der Waals surface area (Å²) in [6.45, 7) is 5.33. The van der Waals surface area contributed by atoms with Crippen molar-refractivity contribution < 1.29 is 24.2 Å². The van der Waals surface area contributed by atoms with Gasteiger partial charge in [0.2, 0.25) is 5.88 Å². The average Bonchev–Trinajstić information content (AvgIpc) is 2.75. The molecule has 0 spiro atoms. The molecule has 1 atom stereocenters. The second kappa shape index (κ2) is 5.27. The maximum atomic E-state index is 12.3. The van der Waals surface area contributed by atoms with Gasteiger partial charge in [0.1, 0.15) is 11.6 Å². The van der Waals surface area contributed by atoms with Gasteiger partial charge in [-0.25, -0.2) is 9.59 Å². The van der Waals surface area contributed by atoms with E-state index in [1.165, 1.54) is 12.0 Å². The molecular weight excluding hydrogens is 278 g/mol. The molecule has 1 amide bonds. The number of fused-ring (bicyclic) bond motifs is 1. The van der Waals surface area contributed by atoms with E-state index in [1.54, 1.807) is 20.8 Å². The van der Waals surface area contributed by atoms with Gasteiger partial charge in [-0.1, -0.05) is 0 Å². The SMILES string of the molecule is COC(=O)C1Cc2c(O)n[nH]c2CN1C(=O)OC(C)(C)C. The standard InChI is InChI=1S/C13H19N3O5/c1-13(2,3)21-12(19)16-6-8-7(10(17)15-14-8)5-9(16)11(18)20-4/h9H,5-6H2,1-4H3,(H2,14,15,17). The Kier molecular flexibility index (Phi) is 3.80. The number of methoxy groups -OCH3 is 1. The molecule has 0 aromatic carbocycles. The molecule has 0 aliphatic carbocycles. The Hall–Kier alpha value is -2.25. The average molecular weight is 297 g/mol. The van der Waals surface area contributed by atoms with Crippen molar-refractivity contribution in [3.63, 3.8) is 0 Å². The summed E-state index contributed by atoms with van der Waals surface area (Å²) in [6, 6.07) is -0.846. The first-order valence-corrected chi connectivity index (χ1v) is 6.55. The van der Waals surface area contributed by atoms with Gasteiger partial charge in [-0.3, -0.25) is 10.00 Å². The van der Waals surface area contributed by atoms with E-state index in [9.17, 15) is 14.7 Å². The Morgan fingerprint density at radius 2 is 2.10 bits per heavy atom. The first-order chi connectivity index (χ1) is 9.73. The summed E-state index contributed by atoms with van der Waals surface area (Å²) in [6.07, 6.45) is -0.485. The van der Waals surface area contributed by atoms with Crippen molar-refractivity contribution in [1.82, 2.24) is 15.1 Å². The fourth-order valence-electron chi connectivity index (χ4n) is 2.18. The van der Waals surface area contributed by atoms with Gasteiger partial charge in [-0.15, -0.1) is 5.10 Å². The van der Waals surface area contributed by atoms with E-state index < -0.39 is 23.7 Å². The number of rotatable bonds is 1. The number of hydrogen-bond acceptors (Lipinski definition) is 6. The Morgan fingerprint density at radius 1 is 1.43 bits per heavy atom. The predicted octanol–water partition coefficient (Wildman–Crippen LogP) is 0.950. The summed E-state index contributed by atoms with van der Waals surface area (Å²) in [4.78, 5) is 25.4.